The number of hydrogen-bond acceptors (Lipinski definition) is 2. The lowest BCUT2D eigenvalue weighted by molar-refractivity contribution is 0.0692. The van der Waals surface area contributed by atoms with Gasteiger partial charge in [0, 0.05) is 29.2 Å². The number of nitrogens with zero attached hydrogens (tertiary/aromatic N) is 1. The number of benzene rings is 1. The van der Waals surface area contributed by atoms with Crippen LogP contribution in [0.3, 0.4) is 0 Å². The van der Waals surface area contributed by atoms with Gasteiger partial charge >= 0.3 is 0 Å². The van der Waals surface area contributed by atoms with Crippen LogP contribution >= 0.6 is 39.9 Å². The molecule has 1 atom stereocenters. The average molecular weight is 382 g/mol. The zero-order valence-corrected chi connectivity index (χ0v) is 14.5. The van der Waals surface area contributed by atoms with Crippen molar-refractivity contribution >= 4 is 45.8 Å². The maximum absolute atomic E-state index is 12.6. The molecule has 1 aromatic carbocycles. The van der Waals surface area contributed by atoms with Gasteiger partial charge in [-0.15, -0.1) is 12.4 Å². The molecule has 3 nitrogen and oxygen atoms in total. The van der Waals surface area contributed by atoms with Crippen LogP contribution in [0.15, 0.2) is 22.7 Å². The normalized spacial score (nSPS) is 17.6. The first-order valence-corrected chi connectivity index (χ1v) is 7.77. The lowest BCUT2D eigenvalue weighted by Gasteiger charge is -2.28. The number of carbonyl (C=O) groups is 1. The van der Waals surface area contributed by atoms with E-state index < -0.39 is 0 Å². The third-order valence-electron chi connectivity index (χ3n) is 3.37. The van der Waals surface area contributed by atoms with E-state index in [0.717, 1.165) is 36.9 Å². The van der Waals surface area contributed by atoms with Gasteiger partial charge in [-0.3, -0.25) is 4.79 Å². The minimum atomic E-state index is 0. The van der Waals surface area contributed by atoms with Gasteiger partial charge < -0.3 is 10.2 Å². The quantitative estimate of drug-likeness (QED) is 0.861. The summed E-state index contributed by atoms with van der Waals surface area (Å²) in [6.45, 7) is 4.77. The molecule has 2 rings (SSSR count). The van der Waals surface area contributed by atoms with Crippen LogP contribution in [0.2, 0.25) is 5.02 Å². The zero-order chi connectivity index (χ0) is 13.8. The molecule has 0 radical (unpaired) electrons. The Morgan fingerprint density at radius 1 is 1.55 bits per heavy atom. The third-order valence-corrected chi connectivity index (χ3v) is 4.58. The van der Waals surface area contributed by atoms with Crippen LogP contribution in [0.4, 0.5) is 0 Å². The molecule has 20 heavy (non-hydrogen) atoms. The third kappa shape index (κ3) is 4.10. The number of halogens is 3. The lowest BCUT2D eigenvalue weighted by Crippen LogP contribution is -2.42. The summed E-state index contributed by atoms with van der Waals surface area (Å²) in [5.41, 5.74) is 0.691. The molecule has 1 aromatic rings. The largest absolute Gasteiger partial charge is 0.334 e. The van der Waals surface area contributed by atoms with E-state index in [1.165, 1.54) is 0 Å². The molecule has 0 saturated carbocycles. The highest BCUT2D eigenvalue weighted by Crippen LogP contribution is 2.24. The predicted octanol–water partition coefficient (Wildman–Crippen LogP) is 3.74. The Labute approximate surface area is 139 Å². The fourth-order valence-electron chi connectivity index (χ4n) is 2.39. The van der Waals surface area contributed by atoms with Crippen molar-refractivity contribution in [1.29, 1.82) is 0 Å². The van der Waals surface area contributed by atoms with Crippen molar-refractivity contribution in [1.82, 2.24) is 10.2 Å². The summed E-state index contributed by atoms with van der Waals surface area (Å²) in [6, 6.07) is 5.66. The van der Waals surface area contributed by atoms with Gasteiger partial charge in [0.15, 0.2) is 0 Å². The van der Waals surface area contributed by atoms with Crippen molar-refractivity contribution < 1.29 is 4.79 Å². The van der Waals surface area contributed by atoms with Crippen LogP contribution in [0, 0.1) is 0 Å². The maximum atomic E-state index is 12.6. The van der Waals surface area contributed by atoms with Crippen molar-refractivity contribution in [2.24, 2.45) is 0 Å². The van der Waals surface area contributed by atoms with Crippen molar-refractivity contribution in [3.05, 3.63) is 33.3 Å². The Bertz CT molecular complexity index is 464. The summed E-state index contributed by atoms with van der Waals surface area (Å²) in [6.07, 6.45) is 2.00. The Kier molecular flexibility index (Phi) is 7.30. The van der Waals surface area contributed by atoms with Gasteiger partial charge in [0.2, 0.25) is 0 Å². The maximum Gasteiger partial charge on any atom is 0.254 e. The van der Waals surface area contributed by atoms with Gasteiger partial charge in [-0.05, 0) is 53.5 Å². The SMILES string of the molecule is CCCN(C(=O)c1ccc(Cl)c(Br)c1)C1CCNC1.Cl. The van der Waals surface area contributed by atoms with Crippen LogP contribution in [0.5, 0.6) is 0 Å². The molecule has 1 N–H and O–H groups in total. The van der Waals surface area contributed by atoms with Crippen molar-refractivity contribution in [3.8, 4) is 0 Å². The zero-order valence-electron chi connectivity index (χ0n) is 11.4. The second kappa shape index (κ2) is 8.23. The molecule has 0 bridgehead atoms. The summed E-state index contributed by atoms with van der Waals surface area (Å²) in [5, 5.41) is 3.94. The molecular weight excluding hydrogens is 363 g/mol. The first-order chi connectivity index (χ1) is 9.13. The van der Waals surface area contributed by atoms with Crippen LogP contribution in [-0.2, 0) is 0 Å². The van der Waals surface area contributed by atoms with E-state index in [4.69, 9.17) is 11.6 Å². The molecule has 1 aliphatic rings. The molecular formula is C14H19BrCl2N2O. The van der Waals surface area contributed by atoms with Crippen molar-refractivity contribution in [3.63, 3.8) is 0 Å². The van der Waals surface area contributed by atoms with Gasteiger partial charge in [-0.2, -0.15) is 0 Å². The average Bonchev–Trinajstić information content (AvgIpc) is 2.92. The molecule has 0 spiro atoms. The topological polar surface area (TPSA) is 32.3 Å². The highest BCUT2D eigenvalue weighted by molar-refractivity contribution is 9.10. The first kappa shape index (κ1) is 17.8. The first-order valence-electron chi connectivity index (χ1n) is 6.60. The lowest BCUT2D eigenvalue weighted by atomic mass is 10.1. The number of rotatable bonds is 4. The number of amides is 1. The van der Waals surface area contributed by atoms with Crippen LogP contribution < -0.4 is 5.32 Å². The Morgan fingerprint density at radius 3 is 2.85 bits per heavy atom. The van der Waals surface area contributed by atoms with Crippen LogP contribution in [0.1, 0.15) is 30.1 Å². The molecule has 1 amide bonds. The standard InChI is InChI=1S/C14H18BrClN2O.ClH/c1-2-7-18(11-5-6-17-9-11)14(19)10-3-4-13(16)12(15)8-10;/h3-4,8,11,17H,2,5-7,9H2,1H3;1H. The molecule has 1 saturated heterocycles. The Hall–Kier alpha value is -0.290. The van der Waals surface area contributed by atoms with Gasteiger partial charge in [0.05, 0.1) is 5.02 Å². The van der Waals surface area contributed by atoms with Crippen LogP contribution in [0.25, 0.3) is 0 Å². The number of nitrogens with one attached hydrogen (secondary N) is 1. The van der Waals surface area contributed by atoms with Gasteiger partial charge in [0.1, 0.15) is 0 Å². The van der Waals surface area contributed by atoms with Crippen molar-refractivity contribution in [2.45, 2.75) is 25.8 Å². The van der Waals surface area contributed by atoms with E-state index in [1.54, 1.807) is 18.2 Å². The summed E-state index contributed by atoms with van der Waals surface area (Å²) in [7, 11) is 0. The minimum absolute atomic E-state index is 0. The molecule has 1 unspecified atom stereocenters. The number of hydrogen-bond donors (Lipinski definition) is 1. The molecule has 1 heterocycles. The fraction of sp³-hybridized carbons (Fsp3) is 0.500. The monoisotopic (exact) mass is 380 g/mol. The van der Waals surface area contributed by atoms with E-state index in [1.807, 2.05) is 4.90 Å². The number of carbonyl (C=O) groups excluding carboxylic acids is 1. The second-order valence-corrected chi connectivity index (χ2v) is 6.04. The summed E-state index contributed by atoms with van der Waals surface area (Å²) >= 11 is 9.34. The van der Waals surface area contributed by atoms with Crippen molar-refractivity contribution in [2.75, 3.05) is 19.6 Å². The highest BCUT2D eigenvalue weighted by Gasteiger charge is 2.26. The van der Waals surface area contributed by atoms with Gasteiger partial charge in [0.25, 0.3) is 5.91 Å². The molecule has 6 heteroatoms. The Balaban J connectivity index is 0.00000200. The molecule has 0 aromatic heterocycles. The van der Waals surface area contributed by atoms with E-state index in [9.17, 15) is 4.79 Å². The van der Waals surface area contributed by atoms with Crippen LogP contribution in [-0.4, -0.2) is 36.5 Å². The Morgan fingerprint density at radius 2 is 2.30 bits per heavy atom. The van der Waals surface area contributed by atoms with E-state index >= 15 is 0 Å². The highest BCUT2D eigenvalue weighted by atomic mass is 79.9. The molecule has 1 fully saturated rings. The molecule has 1 aliphatic heterocycles. The molecule has 112 valence electrons. The second-order valence-electron chi connectivity index (χ2n) is 4.77. The molecule has 0 aliphatic carbocycles. The van der Waals surface area contributed by atoms with E-state index in [0.29, 0.717) is 16.6 Å². The fourth-order valence-corrected chi connectivity index (χ4v) is 2.89. The van der Waals surface area contributed by atoms with E-state index in [2.05, 4.69) is 28.2 Å². The van der Waals surface area contributed by atoms with Gasteiger partial charge in [-0.25, -0.2) is 0 Å². The van der Waals surface area contributed by atoms with E-state index in [-0.39, 0.29) is 18.3 Å². The minimum Gasteiger partial charge on any atom is -0.334 e. The predicted molar refractivity (Wildman–Crippen MR) is 89.0 cm³/mol. The summed E-state index contributed by atoms with van der Waals surface area (Å²) in [5.74, 6) is 0.0907. The van der Waals surface area contributed by atoms with Gasteiger partial charge in [-0.1, -0.05) is 18.5 Å². The summed E-state index contributed by atoms with van der Waals surface area (Å²) < 4.78 is 0.765. The summed E-state index contributed by atoms with van der Waals surface area (Å²) in [4.78, 5) is 14.6. The smallest absolute Gasteiger partial charge is 0.254 e.